The van der Waals surface area contributed by atoms with Crippen molar-refractivity contribution >= 4 is 58.5 Å². The van der Waals surface area contributed by atoms with Crippen LogP contribution in [0.2, 0.25) is 0 Å². The Bertz CT molecular complexity index is 2400. The highest BCUT2D eigenvalue weighted by Gasteiger charge is 2.33. The first-order valence-electron chi connectivity index (χ1n) is 16.6. The van der Waals surface area contributed by atoms with E-state index in [9.17, 15) is 24.0 Å². The smallest absolute Gasteiger partial charge is 0.272 e. The van der Waals surface area contributed by atoms with Crippen LogP contribution in [0, 0.1) is 0 Å². The van der Waals surface area contributed by atoms with Gasteiger partial charge < -0.3 is 16.0 Å². The number of benzene rings is 5. The number of carbonyl (C=O) groups is 5. The fourth-order valence-electron chi connectivity index (χ4n) is 5.90. The average Bonchev–Trinajstić information content (AvgIpc) is 3.20. The van der Waals surface area contributed by atoms with Gasteiger partial charge in [0.15, 0.2) is 11.6 Å². The molecule has 0 saturated heterocycles. The number of rotatable bonds is 10. The summed E-state index contributed by atoms with van der Waals surface area (Å²) in [6, 6.07) is 39.7. The minimum absolute atomic E-state index is 0.00768. The third-order valence-corrected chi connectivity index (χ3v) is 9.67. The summed E-state index contributed by atoms with van der Waals surface area (Å²) in [6.07, 6.45) is 4.72. The molecule has 1 aliphatic rings. The molecule has 9 nitrogen and oxygen atoms in total. The lowest BCUT2D eigenvalue weighted by atomic mass is 9.83. The zero-order chi connectivity index (χ0) is 36.7. The number of amides is 3. The van der Waals surface area contributed by atoms with Crippen LogP contribution in [0.3, 0.4) is 0 Å². The number of pyridine rings is 1. The van der Waals surface area contributed by atoms with Crippen LogP contribution < -0.4 is 16.0 Å². The Kier molecular flexibility index (Phi) is 10.1. The number of nitrogens with zero attached hydrogens (tertiary/aromatic N) is 1. The van der Waals surface area contributed by atoms with Crippen LogP contribution in [0.4, 0.5) is 11.4 Å². The number of nitrogens with one attached hydrogen (secondary N) is 3. The first-order chi connectivity index (χ1) is 25.9. The molecule has 0 saturated carbocycles. The molecule has 1 aliphatic carbocycles. The molecule has 1 unspecified atom stereocenters. The van der Waals surface area contributed by atoms with Crippen LogP contribution in [0.5, 0.6) is 0 Å². The standard InChI is InChI=1S/C43H30N4O5S/c48-38-32-19-7-8-20-33(32)39(49)37-34(38)21-10-22-35(37)46-43(52)40(28-13-3-1-4-14-28)53-31-18-9-17-30(25-31)45-42(51)36(24-27-12-11-23-44-26-27)47-41(50)29-15-5-2-6-16-29/h1-26,40H,(H,45,51)(H,46,52)(H,47,50)/b36-24+. The molecule has 1 heterocycles. The molecule has 3 amide bonds. The Morgan fingerprint density at radius 1 is 0.660 bits per heavy atom. The van der Waals surface area contributed by atoms with Crippen molar-refractivity contribution in [2.75, 3.05) is 10.6 Å². The van der Waals surface area contributed by atoms with Gasteiger partial charge in [-0.15, -0.1) is 11.8 Å². The zero-order valence-corrected chi connectivity index (χ0v) is 28.8. The van der Waals surface area contributed by atoms with Crippen molar-refractivity contribution in [2.45, 2.75) is 10.1 Å². The molecule has 53 heavy (non-hydrogen) atoms. The van der Waals surface area contributed by atoms with Crippen LogP contribution >= 0.6 is 11.8 Å². The summed E-state index contributed by atoms with van der Waals surface area (Å²) in [5.74, 6) is -2.04. The summed E-state index contributed by atoms with van der Waals surface area (Å²) in [5.41, 5.74) is 3.39. The fraction of sp³-hybridized carbons (Fsp3) is 0.0233. The Balaban J connectivity index is 1.14. The first-order valence-corrected chi connectivity index (χ1v) is 17.5. The largest absolute Gasteiger partial charge is 0.324 e. The quantitative estimate of drug-likeness (QED) is 0.0975. The molecule has 1 aromatic heterocycles. The Hall–Kier alpha value is -6.91. The molecule has 258 valence electrons. The fourth-order valence-corrected chi connectivity index (χ4v) is 6.98. The molecule has 0 spiro atoms. The molecule has 0 aliphatic heterocycles. The van der Waals surface area contributed by atoms with Crippen molar-refractivity contribution in [3.8, 4) is 0 Å². The average molecular weight is 715 g/mol. The number of anilines is 2. The van der Waals surface area contributed by atoms with Gasteiger partial charge in [0.1, 0.15) is 10.9 Å². The van der Waals surface area contributed by atoms with E-state index in [1.807, 2.05) is 36.4 Å². The van der Waals surface area contributed by atoms with Gasteiger partial charge >= 0.3 is 0 Å². The molecule has 5 aromatic carbocycles. The minimum atomic E-state index is -0.786. The number of hydrogen-bond acceptors (Lipinski definition) is 7. The SMILES string of the molecule is O=C(Nc1cccc(SC(C(=O)Nc2cccc3c2C(=O)c2ccccc2C3=O)c2ccccc2)c1)/C(=C\c1cccnc1)NC(=O)c1ccccc1. The van der Waals surface area contributed by atoms with Gasteiger partial charge in [-0.1, -0.05) is 97.1 Å². The van der Waals surface area contributed by atoms with Crippen molar-refractivity contribution in [1.29, 1.82) is 0 Å². The third-order valence-electron chi connectivity index (χ3n) is 8.42. The van der Waals surface area contributed by atoms with Crippen molar-refractivity contribution < 1.29 is 24.0 Å². The van der Waals surface area contributed by atoms with Crippen LogP contribution in [0.25, 0.3) is 6.08 Å². The summed E-state index contributed by atoms with van der Waals surface area (Å²) in [4.78, 5) is 72.5. The van der Waals surface area contributed by atoms with Gasteiger partial charge in [0.2, 0.25) is 5.91 Å². The van der Waals surface area contributed by atoms with Crippen LogP contribution in [-0.4, -0.2) is 34.3 Å². The van der Waals surface area contributed by atoms with E-state index in [1.165, 1.54) is 17.8 Å². The van der Waals surface area contributed by atoms with E-state index in [2.05, 4.69) is 20.9 Å². The molecular formula is C43H30N4O5S. The van der Waals surface area contributed by atoms with Crippen molar-refractivity contribution in [3.63, 3.8) is 0 Å². The van der Waals surface area contributed by atoms with Crippen molar-refractivity contribution in [3.05, 3.63) is 197 Å². The summed E-state index contributed by atoms with van der Waals surface area (Å²) in [7, 11) is 0. The molecule has 0 bridgehead atoms. The summed E-state index contributed by atoms with van der Waals surface area (Å²) >= 11 is 1.25. The van der Waals surface area contributed by atoms with Gasteiger partial charge in [0, 0.05) is 45.2 Å². The van der Waals surface area contributed by atoms with E-state index in [-0.39, 0.29) is 39.6 Å². The van der Waals surface area contributed by atoms with Gasteiger partial charge in [0.05, 0.1) is 11.3 Å². The predicted molar refractivity (Wildman–Crippen MR) is 205 cm³/mol. The number of aromatic nitrogens is 1. The number of carbonyl (C=O) groups excluding carboxylic acids is 5. The lowest BCUT2D eigenvalue weighted by Crippen LogP contribution is -2.30. The van der Waals surface area contributed by atoms with Crippen molar-refractivity contribution in [2.24, 2.45) is 0 Å². The van der Waals surface area contributed by atoms with Gasteiger partial charge in [-0.2, -0.15) is 0 Å². The molecule has 0 fully saturated rings. The van der Waals surface area contributed by atoms with E-state index in [0.717, 1.165) is 0 Å². The van der Waals surface area contributed by atoms with Crippen LogP contribution in [-0.2, 0) is 9.59 Å². The van der Waals surface area contributed by atoms with Gasteiger partial charge in [-0.05, 0) is 59.7 Å². The summed E-state index contributed by atoms with van der Waals surface area (Å²) in [5, 5.41) is 7.73. The topological polar surface area (TPSA) is 134 Å². The number of hydrogen-bond donors (Lipinski definition) is 3. The number of thioether (sulfide) groups is 1. The van der Waals surface area contributed by atoms with Crippen molar-refractivity contribution in [1.82, 2.24) is 10.3 Å². The highest BCUT2D eigenvalue weighted by atomic mass is 32.2. The molecule has 6 aromatic rings. The van der Waals surface area contributed by atoms with E-state index < -0.39 is 23.0 Å². The zero-order valence-electron chi connectivity index (χ0n) is 28.0. The van der Waals surface area contributed by atoms with Crippen LogP contribution in [0.1, 0.15) is 58.6 Å². The van der Waals surface area contributed by atoms with E-state index >= 15 is 0 Å². The third kappa shape index (κ3) is 7.73. The van der Waals surface area contributed by atoms with E-state index in [0.29, 0.717) is 32.8 Å². The second-order valence-corrected chi connectivity index (χ2v) is 13.2. The first kappa shape index (κ1) is 34.5. The molecular weight excluding hydrogens is 685 g/mol. The predicted octanol–water partition coefficient (Wildman–Crippen LogP) is 7.74. The van der Waals surface area contributed by atoms with E-state index in [1.54, 1.807) is 116 Å². The van der Waals surface area contributed by atoms with Crippen LogP contribution in [0.15, 0.2) is 163 Å². The van der Waals surface area contributed by atoms with Gasteiger partial charge in [0.25, 0.3) is 11.8 Å². The highest BCUT2D eigenvalue weighted by Crippen LogP contribution is 2.39. The van der Waals surface area contributed by atoms with Gasteiger partial charge in [-0.3, -0.25) is 29.0 Å². The molecule has 3 N–H and O–H groups in total. The summed E-state index contributed by atoms with van der Waals surface area (Å²) in [6.45, 7) is 0. The maximum atomic E-state index is 14.1. The molecule has 10 heteroatoms. The lowest BCUT2D eigenvalue weighted by Gasteiger charge is -2.22. The second kappa shape index (κ2) is 15.5. The van der Waals surface area contributed by atoms with Gasteiger partial charge in [-0.25, -0.2) is 0 Å². The Morgan fingerprint density at radius 3 is 2.08 bits per heavy atom. The molecule has 7 rings (SSSR count). The molecule has 1 atom stereocenters. The maximum absolute atomic E-state index is 14.1. The second-order valence-electron chi connectivity index (χ2n) is 12.0. The Labute approximate surface area is 309 Å². The minimum Gasteiger partial charge on any atom is -0.324 e. The number of fused-ring (bicyclic) bond motifs is 2. The molecule has 0 radical (unpaired) electrons. The Morgan fingerprint density at radius 2 is 1.34 bits per heavy atom. The maximum Gasteiger partial charge on any atom is 0.272 e. The normalized spacial score (nSPS) is 12.6. The number of ketones is 2. The van der Waals surface area contributed by atoms with E-state index in [4.69, 9.17) is 0 Å². The highest BCUT2D eigenvalue weighted by molar-refractivity contribution is 8.00. The monoisotopic (exact) mass is 714 g/mol. The lowest BCUT2D eigenvalue weighted by molar-refractivity contribution is -0.116. The summed E-state index contributed by atoms with van der Waals surface area (Å²) < 4.78 is 0.